The van der Waals surface area contributed by atoms with E-state index < -0.39 is 5.97 Å². The number of hydrogen-bond acceptors (Lipinski definition) is 5. The molecule has 0 aromatic carbocycles. The molecule has 0 unspecified atom stereocenters. The first-order valence-corrected chi connectivity index (χ1v) is 6.26. The van der Waals surface area contributed by atoms with Crippen LogP contribution in [0.15, 0.2) is 12.5 Å². The van der Waals surface area contributed by atoms with E-state index in [-0.39, 0.29) is 5.56 Å². The van der Waals surface area contributed by atoms with E-state index >= 15 is 0 Å². The molecule has 2 bridgehead atoms. The van der Waals surface area contributed by atoms with Gasteiger partial charge in [0.15, 0.2) is 0 Å². The van der Waals surface area contributed by atoms with Crippen molar-refractivity contribution >= 4 is 11.8 Å². The molecule has 0 saturated carbocycles. The maximum atomic E-state index is 11.1. The van der Waals surface area contributed by atoms with E-state index in [0.717, 1.165) is 6.54 Å². The van der Waals surface area contributed by atoms with Crippen molar-refractivity contribution in [3.63, 3.8) is 0 Å². The Morgan fingerprint density at radius 1 is 1.44 bits per heavy atom. The van der Waals surface area contributed by atoms with E-state index in [2.05, 4.69) is 20.2 Å². The first-order valence-electron chi connectivity index (χ1n) is 6.26. The Bertz CT molecular complexity index is 457. The number of fused-ring (bicyclic) bond motifs is 3. The summed E-state index contributed by atoms with van der Waals surface area (Å²) in [7, 11) is 0. The van der Waals surface area contributed by atoms with Crippen LogP contribution in [0.4, 0.5) is 5.82 Å². The number of anilines is 1. The van der Waals surface area contributed by atoms with Crippen molar-refractivity contribution in [3.8, 4) is 0 Å². The number of aromatic nitrogens is 2. The summed E-state index contributed by atoms with van der Waals surface area (Å²) < 4.78 is 0. The van der Waals surface area contributed by atoms with Gasteiger partial charge in [-0.15, -0.1) is 0 Å². The summed E-state index contributed by atoms with van der Waals surface area (Å²) in [5, 5.41) is 12.4. The standard InChI is InChI=1S/C12H16N4O2/c17-12(18)9-5-13-7-14-11(9)15-10-6-16-3-1-8(10)2-4-16/h5,7-8,10H,1-4,6H2,(H,17,18)(H,13,14,15)/t10-/m0/s1. The lowest BCUT2D eigenvalue weighted by molar-refractivity contribution is 0.0696. The van der Waals surface area contributed by atoms with E-state index in [1.807, 2.05) is 0 Å². The van der Waals surface area contributed by atoms with Gasteiger partial charge in [0.25, 0.3) is 0 Å². The van der Waals surface area contributed by atoms with E-state index in [9.17, 15) is 4.79 Å². The van der Waals surface area contributed by atoms with E-state index in [1.165, 1.54) is 38.5 Å². The average Bonchev–Trinajstić information content (AvgIpc) is 2.40. The molecule has 3 saturated heterocycles. The number of nitrogens with zero attached hydrogens (tertiary/aromatic N) is 3. The van der Waals surface area contributed by atoms with Gasteiger partial charge in [0.2, 0.25) is 0 Å². The third kappa shape index (κ3) is 2.03. The van der Waals surface area contributed by atoms with E-state index in [1.54, 1.807) is 0 Å². The van der Waals surface area contributed by atoms with Crippen LogP contribution in [0, 0.1) is 5.92 Å². The highest BCUT2D eigenvalue weighted by Gasteiger charge is 2.34. The SMILES string of the molecule is O=C(O)c1cncnc1N[C@H]1CN2CCC1CC2. The van der Waals surface area contributed by atoms with Gasteiger partial charge in [-0.1, -0.05) is 0 Å². The van der Waals surface area contributed by atoms with Gasteiger partial charge in [0.1, 0.15) is 17.7 Å². The molecule has 0 radical (unpaired) electrons. The molecule has 4 rings (SSSR count). The summed E-state index contributed by atoms with van der Waals surface area (Å²) in [6.07, 6.45) is 5.10. The predicted octanol–water partition coefficient (Wildman–Crippen LogP) is 0.681. The van der Waals surface area contributed by atoms with Crippen LogP contribution in [-0.4, -0.2) is 51.6 Å². The molecule has 3 aliphatic heterocycles. The maximum absolute atomic E-state index is 11.1. The van der Waals surface area contributed by atoms with E-state index in [0.29, 0.717) is 17.8 Å². The number of aromatic carboxylic acids is 1. The van der Waals surface area contributed by atoms with Gasteiger partial charge in [0.05, 0.1) is 0 Å². The number of piperidine rings is 3. The molecule has 4 heterocycles. The summed E-state index contributed by atoms with van der Waals surface area (Å²) in [5.74, 6) is 0.0854. The summed E-state index contributed by atoms with van der Waals surface area (Å²) in [6, 6.07) is 0.306. The summed E-state index contributed by atoms with van der Waals surface area (Å²) >= 11 is 0. The minimum atomic E-state index is -0.987. The van der Waals surface area contributed by atoms with Crippen LogP contribution >= 0.6 is 0 Å². The second-order valence-electron chi connectivity index (χ2n) is 4.98. The van der Waals surface area contributed by atoms with Crippen LogP contribution in [0.3, 0.4) is 0 Å². The van der Waals surface area contributed by atoms with Crippen molar-refractivity contribution in [2.75, 3.05) is 25.0 Å². The molecule has 1 aromatic heterocycles. The maximum Gasteiger partial charge on any atom is 0.341 e. The summed E-state index contributed by atoms with van der Waals surface area (Å²) in [5.41, 5.74) is 0.147. The highest BCUT2D eigenvalue weighted by molar-refractivity contribution is 5.92. The van der Waals surface area contributed by atoms with Crippen LogP contribution in [0.2, 0.25) is 0 Å². The molecule has 0 aliphatic carbocycles. The molecular formula is C12H16N4O2. The molecule has 0 amide bonds. The quantitative estimate of drug-likeness (QED) is 0.819. The number of nitrogens with one attached hydrogen (secondary N) is 1. The topological polar surface area (TPSA) is 78.3 Å². The van der Waals surface area contributed by atoms with Crippen LogP contribution in [0.5, 0.6) is 0 Å². The van der Waals surface area contributed by atoms with Gasteiger partial charge in [0, 0.05) is 18.8 Å². The molecule has 0 spiro atoms. The molecule has 3 aliphatic rings. The zero-order valence-electron chi connectivity index (χ0n) is 10.0. The van der Waals surface area contributed by atoms with Gasteiger partial charge in [-0.05, 0) is 31.8 Å². The molecule has 96 valence electrons. The third-order valence-electron chi connectivity index (χ3n) is 3.92. The Labute approximate surface area is 105 Å². The van der Waals surface area contributed by atoms with Crippen LogP contribution < -0.4 is 5.32 Å². The molecule has 1 atom stereocenters. The molecule has 1 aromatic rings. The number of hydrogen-bond donors (Lipinski definition) is 2. The molecule has 3 fully saturated rings. The Morgan fingerprint density at radius 3 is 2.83 bits per heavy atom. The lowest BCUT2D eigenvalue weighted by Gasteiger charge is -2.45. The fraction of sp³-hybridized carbons (Fsp3) is 0.583. The fourth-order valence-electron chi connectivity index (χ4n) is 2.91. The highest BCUT2D eigenvalue weighted by Crippen LogP contribution is 2.29. The smallest absolute Gasteiger partial charge is 0.341 e. The Balaban J connectivity index is 1.78. The first-order chi connectivity index (χ1) is 8.74. The van der Waals surface area contributed by atoms with Crippen LogP contribution in [-0.2, 0) is 0 Å². The summed E-state index contributed by atoms with van der Waals surface area (Å²) in [4.78, 5) is 21.3. The molecule has 6 heteroatoms. The zero-order valence-corrected chi connectivity index (χ0v) is 10.0. The Morgan fingerprint density at radius 2 is 2.22 bits per heavy atom. The third-order valence-corrected chi connectivity index (χ3v) is 3.92. The van der Waals surface area contributed by atoms with Gasteiger partial charge < -0.3 is 15.3 Å². The second kappa shape index (κ2) is 4.53. The van der Waals surface area contributed by atoms with E-state index in [4.69, 9.17) is 5.11 Å². The van der Waals surface area contributed by atoms with Crippen molar-refractivity contribution < 1.29 is 9.90 Å². The van der Waals surface area contributed by atoms with Crippen LogP contribution in [0.1, 0.15) is 23.2 Å². The van der Waals surface area contributed by atoms with Crippen LogP contribution in [0.25, 0.3) is 0 Å². The predicted molar refractivity (Wildman–Crippen MR) is 65.6 cm³/mol. The molecular weight excluding hydrogens is 232 g/mol. The average molecular weight is 248 g/mol. The summed E-state index contributed by atoms with van der Waals surface area (Å²) in [6.45, 7) is 3.31. The monoisotopic (exact) mass is 248 g/mol. The van der Waals surface area contributed by atoms with Crippen molar-refractivity contribution in [2.45, 2.75) is 18.9 Å². The minimum absolute atomic E-state index is 0.147. The van der Waals surface area contributed by atoms with Gasteiger partial charge in [-0.3, -0.25) is 0 Å². The minimum Gasteiger partial charge on any atom is -0.477 e. The largest absolute Gasteiger partial charge is 0.477 e. The van der Waals surface area contributed by atoms with Gasteiger partial charge in [-0.25, -0.2) is 14.8 Å². The number of carboxylic acid groups (broad SMARTS) is 1. The second-order valence-corrected chi connectivity index (χ2v) is 4.98. The van der Waals surface area contributed by atoms with Gasteiger partial charge >= 0.3 is 5.97 Å². The van der Waals surface area contributed by atoms with Crippen molar-refractivity contribution in [3.05, 3.63) is 18.1 Å². The zero-order chi connectivity index (χ0) is 12.5. The molecule has 18 heavy (non-hydrogen) atoms. The highest BCUT2D eigenvalue weighted by atomic mass is 16.4. The number of carboxylic acids is 1. The molecule has 6 nitrogen and oxygen atoms in total. The number of carbonyl (C=O) groups is 1. The number of rotatable bonds is 3. The normalized spacial score (nSPS) is 30.1. The lowest BCUT2D eigenvalue weighted by Crippen LogP contribution is -2.53. The van der Waals surface area contributed by atoms with Crippen molar-refractivity contribution in [1.82, 2.24) is 14.9 Å². The van der Waals surface area contributed by atoms with Gasteiger partial charge in [-0.2, -0.15) is 0 Å². The Kier molecular flexibility index (Phi) is 2.87. The first kappa shape index (κ1) is 11.4. The Hall–Kier alpha value is -1.69. The van der Waals surface area contributed by atoms with Crippen molar-refractivity contribution in [2.24, 2.45) is 5.92 Å². The fourth-order valence-corrected chi connectivity index (χ4v) is 2.91. The molecule has 2 N–H and O–H groups in total. The van der Waals surface area contributed by atoms with Crippen molar-refractivity contribution in [1.29, 1.82) is 0 Å². The lowest BCUT2D eigenvalue weighted by atomic mass is 9.84.